The summed E-state index contributed by atoms with van der Waals surface area (Å²) in [4.78, 5) is 23.7. The molecule has 0 bridgehead atoms. The summed E-state index contributed by atoms with van der Waals surface area (Å²) in [6.07, 6.45) is 0.933. The van der Waals surface area contributed by atoms with Crippen molar-refractivity contribution in [2.75, 3.05) is 32.8 Å². The Morgan fingerprint density at radius 3 is 3.00 bits per heavy atom. The van der Waals surface area contributed by atoms with Gasteiger partial charge in [0, 0.05) is 19.7 Å². The van der Waals surface area contributed by atoms with Crippen LogP contribution in [0.2, 0.25) is 0 Å². The number of carbonyl (C=O) groups is 2. The normalized spacial score (nSPS) is 21.8. The first-order chi connectivity index (χ1) is 7.65. The summed E-state index contributed by atoms with van der Waals surface area (Å²) < 4.78 is 5.28. The molecule has 6 heteroatoms. The van der Waals surface area contributed by atoms with Crippen LogP contribution in [-0.2, 0) is 14.3 Å². The molecule has 1 aliphatic heterocycles. The van der Waals surface area contributed by atoms with E-state index in [0.717, 1.165) is 6.42 Å². The van der Waals surface area contributed by atoms with Gasteiger partial charge in [0.2, 0.25) is 5.91 Å². The van der Waals surface area contributed by atoms with Crippen LogP contribution < -0.4 is 5.32 Å². The van der Waals surface area contributed by atoms with E-state index in [1.165, 1.54) is 0 Å². The van der Waals surface area contributed by atoms with E-state index in [9.17, 15) is 9.59 Å². The fourth-order valence-corrected chi connectivity index (χ4v) is 1.60. The molecule has 16 heavy (non-hydrogen) atoms. The van der Waals surface area contributed by atoms with Gasteiger partial charge >= 0.3 is 5.97 Å². The molecule has 6 nitrogen and oxygen atoms in total. The largest absolute Gasteiger partial charge is 0.480 e. The molecule has 1 rings (SSSR count). The van der Waals surface area contributed by atoms with Crippen LogP contribution in [0.5, 0.6) is 0 Å². The molecule has 1 unspecified atom stereocenters. The molecule has 1 fully saturated rings. The average molecular weight is 230 g/mol. The first-order valence-corrected chi connectivity index (χ1v) is 5.46. The zero-order valence-electron chi connectivity index (χ0n) is 9.44. The van der Waals surface area contributed by atoms with Crippen molar-refractivity contribution in [1.29, 1.82) is 0 Å². The summed E-state index contributed by atoms with van der Waals surface area (Å²) in [5.74, 6) is -1.04. The molecule has 0 aromatic heterocycles. The number of piperazine rings is 1. The molecule has 92 valence electrons. The van der Waals surface area contributed by atoms with E-state index in [-0.39, 0.29) is 19.0 Å². The topological polar surface area (TPSA) is 78.9 Å². The van der Waals surface area contributed by atoms with E-state index < -0.39 is 12.0 Å². The number of carbonyl (C=O) groups excluding carboxylic acids is 1. The summed E-state index contributed by atoms with van der Waals surface area (Å²) in [6.45, 7) is 3.91. The number of nitrogens with zero attached hydrogens (tertiary/aromatic N) is 1. The Morgan fingerprint density at radius 1 is 1.62 bits per heavy atom. The van der Waals surface area contributed by atoms with E-state index in [4.69, 9.17) is 9.84 Å². The number of hydrogen-bond acceptors (Lipinski definition) is 4. The molecule has 0 spiro atoms. The summed E-state index contributed by atoms with van der Waals surface area (Å²) >= 11 is 0. The minimum Gasteiger partial charge on any atom is -0.480 e. The maximum atomic E-state index is 11.1. The van der Waals surface area contributed by atoms with Gasteiger partial charge in [-0.05, 0) is 6.42 Å². The molecular weight excluding hydrogens is 212 g/mol. The number of hydrogen-bond donors (Lipinski definition) is 2. The molecule has 1 amide bonds. The van der Waals surface area contributed by atoms with Crippen LogP contribution in [0.3, 0.4) is 0 Å². The van der Waals surface area contributed by atoms with E-state index in [2.05, 4.69) is 5.32 Å². The van der Waals surface area contributed by atoms with Crippen molar-refractivity contribution >= 4 is 11.9 Å². The van der Waals surface area contributed by atoms with Gasteiger partial charge in [0.25, 0.3) is 0 Å². The molecule has 0 aromatic rings. The molecular formula is C10H18N2O4. The van der Waals surface area contributed by atoms with Crippen LogP contribution in [-0.4, -0.2) is 60.8 Å². The average Bonchev–Trinajstić information content (AvgIpc) is 2.24. The van der Waals surface area contributed by atoms with Gasteiger partial charge in [0.05, 0.1) is 13.2 Å². The monoisotopic (exact) mass is 230 g/mol. The fraction of sp³-hybridized carbons (Fsp3) is 0.800. The quantitative estimate of drug-likeness (QED) is 0.590. The number of carboxylic acids is 1. The highest BCUT2D eigenvalue weighted by atomic mass is 16.5. The predicted molar refractivity (Wildman–Crippen MR) is 57.1 cm³/mol. The maximum absolute atomic E-state index is 11.1. The molecule has 2 N–H and O–H groups in total. The number of amides is 1. The van der Waals surface area contributed by atoms with Gasteiger partial charge in [-0.2, -0.15) is 0 Å². The van der Waals surface area contributed by atoms with Crippen molar-refractivity contribution in [1.82, 2.24) is 10.2 Å². The lowest BCUT2D eigenvalue weighted by molar-refractivity contribution is -0.146. The van der Waals surface area contributed by atoms with Gasteiger partial charge in [-0.25, -0.2) is 0 Å². The van der Waals surface area contributed by atoms with Crippen LogP contribution in [0.15, 0.2) is 0 Å². The summed E-state index contributed by atoms with van der Waals surface area (Å²) in [7, 11) is 0. The van der Waals surface area contributed by atoms with Crippen molar-refractivity contribution in [3.63, 3.8) is 0 Å². The lowest BCUT2D eigenvalue weighted by Crippen LogP contribution is -2.58. The number of ether oxygens (including phenoxy) is 1. The van der Waals surface area contributed by atoms with E-state index in [0.29, 0.717) is 19.8 Å². The molecule has 0 aromatic carbocycles. The SMILES string of the molecule is CCCOCCN1CC(=O)NCC1C(=O)O. The number of nitrogens with one attached hydrogen (secondary N) is 1. The Bertz CT molecular complexity index is 257. The summed E-state index contributed by atoms with van der Waals surface area (Å²) in [6, 6.07) is -0.636. The highest BCUT2D eigenvalue weighted by Gasteiger charge is 2.31. The molecule has 1 atom stereocenters. The first kappa shape index (κ1) is 12.9. The zero-order valence-corrected chi connectivity index (χ0v) is 9.44. The van der Waals surface area contributed by atoms with Gasteiger partial charge < -0.3 is 15.2 Å². The van der Waals surface area contributed by atoms with Crippen LogP contribution in [0, 0.1) is 0 Å². The lowest BCUT2D eigenvalue weighted by atomic mass is 10.2. The highest BCUT2D eigenvalue weighted by molar-refractivity contribution is 5.83. The van der Waals surface area contributed by atoms with E-state index in [1.54, 1.807) is 4.90 Å². The van der Waals surface area contributed by atoms with Gasteiger partial charge in [-0.1, -0.05) is 6.92 Å². The third-order valence-electron chi connectivity index (χ3n) is 2.44. The first-order valence-electron chi connectivity index (χ1n) is 5.46. The second kappa shape index (κ2) is 6.44. The van der Waals surface area contributed by atoms with Crippen LogP contribution in [0.4, 0.5) is 0 Å². The second-order valence-corrected chi connectivity index (χ2v) is 3.74. The minimum atomic E-state index is -0.907. The Labute approximate surface area is 94.6 Å². The van der Waals surface area contributed by atoms with Gasteiger partial charge in [0.15, 0.2) is 0 Å². The Balaban J connectivity index is 2.38. The Kier molecular flexibility index (Phi) is 5.21. The number of aliphatic carboxylic acids is 1. The summed E-state index contributed by atoms with van der Waals surface area (Å²) in [5, 5.41) is 11.5. The minimum absolute atomic E-state index is 0.131. The number of rotatable bonds is 6. The zero-order chi connectivity index (χ0) is 12.0. The maximum Gasteiger partial charge on any atom is 0.322 e. The third kappa shape index (κ3) is 3.79. The standard InChI is InChI=1S/C10H18N2O4/c1-2-4-16-5-3-12-7-9(13)11-6-8(12)10(14)15/h8H,2-7H2,1H3,(H,11,13)(H,14,15). The predicted octanol–water partition coefficient (Wildman–Crippen LogP) is -0.702. The molecule has 0 saturated carbocycles. The Morgan fingerprint density at radius 2 is 2.38 bits per heavy atom. The van der Waals surface area contributed by atoms with Crippen LogP contribution in [0.25, 0.3) is 0 Å². The van der Waals surface area contributed by atoms with Crippen molar-refractivity contribution in [3.05, 3.63) is 0 Å². The van der Waals surface area contributed by atoms with Crippen molar-refractivity contribution in [3.8, 4) is 0 Å². The van der Waals surface area contributed by atoms with E-state index in [1.807, 2.05) is 6.92 Å². The molecule has 1 saturated heterocycles. The fourth-order valence-electron chi connectivity index (χ4n) is 1.60. The van der Waals surface area contributed by atoms with Gasteiger partial charge in [-0.15, -0.1) is 0 Å². The van der Waals surface area contributed by atoms with Crippen LogP contribution >= 0.6 is 0 Å². The van der Waals surface area contributed by atoms with E-state index >= 15 is 0 Å². The highest BCUT2D eigenvalue weighted by Crippen LogP contribution is 2.04. The smallest absolute Gasteiger partial charge is 0.322 e. The lowest BCUT2D eigenvalue weighted by Gasteiger charge is -2.32. The van der Waals surface area contributed by atoms with Crippen molar-refractivity contribution in [2.45, 2.75) is 19.4 Å². The molecule has 1 aliphatic rings. The second-order valence-electron chi connectivity index (χ2n) is 3.74. The molecule has 1 heterocycles. The summed E-state index contributed by atoms with van der Waals surface area (Å²) in [5.41, 5.74) is 0. The Hall–Kier alpha value is -1.14. The van der Waals surface area contributed by atoms with Gasteiger partial charge in [-0.3, -0.25) is 14.5 Å². The van der Waals surface area contributed by atoms with Crippen molar-refractivity contribution in [2.24, 2.45) is 0 Å². The van der Waals surface area contributed by atoms with Crippen LogP contribution in [0.1, 0.15) is 13.3 Å². The number of carboxylic acid groups (broad SMARTS) is 1. The third-order valence-corrected chi connectivity index (χ3v) is 2.44. The van der Waals surface area contributed by atoms with Crippen molar-refractivity contribution < 1.29 is 19.4 Å². The molecule has 0 radical (unpaired) electrons. The molecule has 0 aliphatic carbocycles. The van der Waals surface area contributed by atoms with Gasteiger partial charge in [0.1, 0.15) is 6.04 Å².